The highest BCUT2D eigenvalue weighted by Crippen LogP contribution is 2.20. The average Bonchev–Trinajstić information content (AvgIpc) is 3.32. The highest BCUT2D eigenvalue weighted by molar-refractivity contribution is 6.14. The SMILES string of the molecule is CC(C)(CO)COC(=O)C(C)(C)CO.CCCCCCCCC(=O)O.O=C1OC(=O)c2ccccc21.OCC(CO)(CO)CO. The lowest BCUT2D eigenvalue weighted by Crippen LogP contribution is -2.37. The first-order valence-corrected chi connectivity index (χ1v) is 15.0. The van der Waals surface area contributed by atoms with Gasteiger partial charge < -0.3 is 45.2 Å². The summed E-state index contributed by atoms with van der Waals surface area (Å²) in [6, 6.07) is 6.53. The Labute approximate surface area is 265 Å². The van der Waals surface area contributed by atoms with Gasteiger partial charge in [0, 0.05) is 11.8 Å². The number of fused-ring (bicyclic) bond motifs is 1. The number of carboxylic acid groups (broad SMARTS) is 1. The third-order valence-electron chi connectivity index (χ3n) is 6.61. The average molecular weight is 647 g/mol. The topological polar surface area (TPSA) is 228 Å². The number of rotatable bonds is 16. The van der Waals surface area contributed by atoms with E-state index in [1.165, 1.54) is 25.7 Å². The summed E-state index contributed by atoms with van der Waals surface area (Å²) in [6.07, 6.45) is 7.25. The molecule has 0 aromatic heterocycles. The Balaban J connectivity index is 0. The van der Waals surface area contributed by atoms with Crippen LogP contribution in [0.15, 0.2) is 24.3 Å². The number of unbranched alkanes of at least 4 members (excludes halogenated alkanes) is 5. The molecule has 0 saturated heterocycles. The van der Waals surface area contributed by atoms with Gasteiger partial charge in [-0.1, -0.05) is 65.0 Å². The Kier molecular flexibility index (Phi) is 23.0. The molecule has 1 heterocycles. The maximum atomic E-state index is 11.4. The van der Waals surface area contributed by atoms with E-state index in [9.17, 15) is 19.2 Å². The van der Waals surface area contributed by atoms with Crippen LogP contribution in [0.3, 0.4) is 0 Å². The van der Waals surface area contributed by atoms with Crippen LogP contribution in [0.1, 0.15) is 100 Å². The number of ether oxygens (including phenoxy) is 2. The van der Waals surface area contributed by atoms with E-state index in [1.54, 1.807) is 52.0 Å². The molecule has 1 aliphatic rings. The summed E-state index contributed by atoms with van der Waals surface area (Å²) in [5.41, 5.74) is -1.69. The van der Waals surface area contributed by atoms with E-state index in [-0.39, 0.29) is 19.8 Å². The standard InChI is InChI=1S/C10H20O4.C9H18O2.C8H4O3.C5H12O4/c1-9(2,5-11)7-14-8(13)10(3,4)6-12;1-2-3-4-5-6-7-8-9(10)11;9-7-5-3-1-2-4-6(5)8(10)11-7;6-1-5(2-7,3-8)4-9/h11-12H,5-7H2,1-4H3;2-8H2,1H3,(H,10,11);1-4H;6-9H,1-4H2. The number of aliphatic hydroxyl groups is 6. The van der Waals surface area contributed by atoms with Gasteiger partial charge in [-0.2, -0.15) is 0 Å². The van der Waals surface area contributed by atoms with Crippen molar-refractivity contribution >= 4 is 23.9 Å². The maximum absolute atomic E-state index is 11.4. The van der Waals surface area contributed by atoms with Crippen molar-refractivity contribution in [2.75, 3.05) is 46.2 Å². The molecule has 0 fully saturated rings. The second-order valence-electron chi connectivity index (χ2n) is 12.2. The van der Waals surface area contributed by atoms with Gasteiger partial charge in [-0.25, -0.2) is 9.59 Å². The number of cyclic esters (lactones) is 2. The first kappa shape index (κ1) is 44.2. The van der Waals surface area contributed by atoms with E-state index in [0.717, 1.165) is 12.8 Å². The highest BCUT2D eigenvalue weighted by atomic mass is 16.6. The molecule has 7 N–H and O–H groups in total. The molecule has 13 heteroatoms. The van der Waals surface area contributed by atoms with E-state index in [0.29, 0.717) is 17.5 Å². The number of hydrogen-bond donors (Lipinski definition) is 7. The molecule has 0 unspecified atom stereocenters. The van der Waals surface area contributed by atoms with Gasteiger partial charge in [0.1, 0.15) is 0 Å². The Morgan fingerprint density at radius 2 is 1.16 bits per heavy atom. The summed E-state index contributed by atoms with van der Waals surface area (Å²) in [5, 5.41) is 60.1. The highest BCUT2D eigenvalue weighted by Gasteiger charge is 2.31. The molecule has 1 aromatic rings. The second kappa shape index (κ2) is 23.4. The molecular weight excluding hydrogens is 592 g/mol. The zero-order valence-electron chi connectivity index (χ0n) is 27.3. The molecule has 0 bridgehead atoms. The summed E-state index contributed by atoms with van der Waals surface area (Å²) in [5.74, 6) is -2.21. The van der Waals surface area contributed by atoms with Gasteiger partial charge in [0.15, 0.2) is 0 Å². The van der Waals surface area contributed by atoms with Crippen molar-refractivity contribution in [3.63, 3.8) is 0 Å². The smallest absolute Gasteiger partial charge is 0.346 e. The van der Waals surface area contributed by atoms with Gasteiger partial charge in [0.2, 0.25) is 0 Å². The fourth-order valence-corrected chi connectivity index (χ4v) is 2.96. The Hall–Kier alpha value is -2.94. The molecule has 0 amide bonds. The monoisotopic (exact) mass is 646 g/mol. The molecule has 0 atom stereocenters. The van der Waals surface area contributed by atoms with E-state index in [4.69, 9.17) is 40.5 Å². The van der Waals surface area contributed by atoms with Crippen LogP contribution in [-0.4, -0.2) is 106 Å². The van der Waals surface area contributed by atoms with Crippen molar-refractivity contribution in [3.8, 4) is 0 Å². The summed E-state index contributed by atoms with van der Waals surface area (Å²) in [7, 11) is 0. The van der Waals surface area contributed by atoms with Crippen LogP contribution < -0.4 is 0 Å². The lowest BCUT2D eigenvalue weighted by atomic mass is 9.93. The normalized spacial score (nSPS) is 12.3. The van der Waals surface area contributed by atoms with Crippen molar-refractivity contribution in [1.29, 1.82) is 0 Å². The van der Waals surface area contributed by atoms with Crippen molar-refractivity contribution in [3.05, 3.63) is 35.4 Å². The van der Waals surface area contributed by atoms with Gasteiger partial charge >= 0.3 is 23.9 Å². The van der Waals surface area contributed by atoms with Crippen LogP contribution >= 0.6 is 0 Å². The van der Waals surface area contributed by atoms with Crippen LogP contribution in [0.4, 0.5) is 0 Å². The quantitative estimate of drug-likeness (QED) is 0.0778. The van der Waals surface area contributed by atoms with Crippen molar-refractivity contribution in [2.24, 2.45) is 16.2 Å². The van der Waals surface area contributed by atoms with Crippen LogP contribution in [0, 0.1) is 16.2 Å². The summed E-state index contributed by atoms with van der Waals surface area (Å²) in [4.78, 5) is 43.1. The minimum Gasteiger partial charge on any atom is -0.481 e. The molecule has 1 aromatic carbocycles. The molecular formula is C32H54O13. The fourth-order valence-electron chi connectivity index (χ4n) is 2.96. The molecule has 0 aliphatic carbocycles. The minimum absolute atomic E-state index is 0.0418. The lowest BCUT2D eigenvalue weighted by Gasteiger charge is -2.25. The number of aliphatic carboxylic acids is 1. The van der Waals surface area contributed by atoms with Crippen LogP contribution in [0.25, 0.3) is 0 Å². The van der Waals surface area contributed by atoms with Crippen molar-refractivity contribution in [1.82, 2.24) is 0 Å². The molecule has 0 radical (unpaired) electrons. The van der Waals surface area contributed by atoms with Gasteiger partial charge in [0.05, 0.1) is 68.2 Å². The largest absolute Gasteiger partial charge is 0.481 e. The molecule has 2 rings (SSSR count). The number of hydrogen-bond acceptors (Lipinski definition) is 12. The molecule has 260 valence electrons. The van der Waals surface area contributed by atoms with Crippen LogP contribution in [0.5, 0.6) is 0 Å². The molecule has 45 heavy (non-hydrogen) atoms. The number of aliphatic hydroxyl groups excluding tert-OH is 6. The number of benzene rings is 1. The Morgan fingerprint density at radius 3 is 1.51 bits per heavy atom. The number of carbonyl (C=O) groups is 4. The van der Waals surface area contributed by atoms with Crippen LogP contribution in [0.2, 0.25) is 0 Å². The number of esters is 3. The predicted molar refractivity (Wildman–Crippen MR) is 165 cm³/mol. The first-order valence-electron chi connectivity index (χ1n) is 15.0. The first-order chi connectivity index (χ1) is 21.0. The van der Waals surface area contributed by atoms with Gasteiger partial charge in [-0.05, 0) is 32.4 Å². The summed E-state index contributed by atoms with van der Waals surface area (Å²) < 4.78 is 9.35. The number of carbonyl (C=O) groups excluding carboxylic acids is 3. The maximum Gasteiger partial charge on any atom is 0.346 e. The molecule has 0 spiro atoms. The summed E-state index contributed by atoms with van der Waals surface area (Å²) in [6.45, 7) is 7.25. The number of carboxylic acids is 1. The fraction of sp³-hybridized carbons (Fsp3) is 0.688. The summed E-state index contributed by atoms with van der Waals surface area (Å²) >= 11 is 0. The van der Waals surface area contributed by atoms with Gasteiger partial charge in [-0.3, -0.25) is 9.59 Å². The van der Waals surface area contributed by atoms with E-state index in [1.807, 2.05) is 0 Å². The minimum atomic E-state index is -1.11. The zero-order chi connectivity index (χ0) is 35.1. The van der Waals surface area contributed by atoms with Crippen LogP contribution in [-0.2, 0) is 19.1 Å². The lowest BCUT2D eigenvalue weighted by molar-refractivity contribution is -0.160. The van der Waals surface area contributed by atoms with Gasteiger partial charge in [0.25, 0.3) is 0 Å². The molecule has 1 aliphatic heterocycles. The van der Waals surface area contributed by atoms with E-state index < -0.39 is 66.5 Å². The van der Waals surface area contributed by atoms with E-state index in [2.05, 4.69) is 11.7 Å². The van der Waals surface area contributed by atoms with E-state index >= 15 is 0 Å². The Bertz CT molecular complexity index is 950. The molecule has 13 nitrogen and oxygen atoms in total. The zero-order valence-corrected chi connectivity index (χ0v) is 27.3. The second-order valence-corrected chi connectivity index (χ2v) is 12.2. The predicted octanol–water partition coefficient (Wildman–Crippen LogP) is 2.33. The van der Waals surface area contributed by atoms with Gasteiger partial charge in [-0.15, -0.1) is 0 Å². The third kappa shape index (κ3) is 18.6. The van der Waals surface area contributed by atoms with Crippen molar-refractivity contribution in [2.45, 2.75) is 79.6 Å². The molecule has 0 saturated carbocycles. The third-order valence-corrected chi connectivity index (χ3v) is 6.61. The van der Waals surface area contributed by atoms with Crippen molar-refractivity contribution < 1.29 is 64.4 Å². The Morgan fingerprint density at radius 1 is 0.711 bits per heavy atom.